The van der Waals surface area contributed by atoms with Crippen LogP contribution in [-0.2, 0) is 13.6 Å². The number of nitrogens with zero attached hydrogens (tertiary/aromatic N) is 2. The highest BCUT2D eigenvalue weighted by Crippen LogP contribution is 2.31. The van der Waals surface area contributed by atoms with Crippen molar-refractivity contribution in [2.75, 3.05) is 7.11 Å². The van der Waals surface area contributed by atoms with Gasteiger partial charge in [-0.25, -0.2) is 4.98 Å². The average molecular weight is 371 g/mol. The minimum absolute atomic E-state index is 0.244. The van der Waals surface area contributed by atoms with Crippen molar-refractivity contribution in [2.24, 2.45) is 7.05 Å². The van der Waals surface area contributed by atoms with Gasteiger partial charge in [-0.1, -0.05) is 48.5 Å². The van der Waals surface area contributed by atoms with Crippen LogP contribution in [0, 0.1) is 0 Å². The fourth-order valence-electron chi connectivity index (χ4n) is 3.69. The lowest BCUT2D eigenvalue weighted by Gasteiger charge is -2.18. The zero-order valence-corrected chi connectivity index (χ0v) is 16.5. The van der Waals surface area contributed by atoms with E-state index in [9.17, 15) is 0 Å². The lowest BCUT2D eigenvalue weighted by molar-refractivity contribution is 0.416. The summed E-state index contributed by atoms with van der Waals surface area (Å²) < 4.78 is 7.57. The summed E-state index contributed by atoms with van der Waals surface area (Å²) in [4.78, 5) is 4.24. The lowest BCUT2D eigenvalue weighted by Crippen LogP contribution is -2.18. The van der Waals surface area contributed by atoms with E-state index >= 15 is 0 Å². The predicted molar refractivity (Wildman–Crippen MR) is 114 cm³/mol. The number of nitrogens with one attached hydrogen (secondary N) is 1. The molecule has 0 aliphatic rings. The molecule has 0 unspecified atom stereocenters. The number of aryl methyl sites for hydroxylation is 1. The van der Waals surface area contributed by atoms with Crippen molar-refractivity contribution in [3.8, 4) is 17.0 Å². The van der Waals surface area contributed by atoms with Gasteiger partial charge in [0.1, 0.15) is 5.75 Å². The predicted octanol–water partition coefficient (Wildman–Crippen LogP) is 5.10. The third-order valence-electron chi connectivity index (χ3n) is 5.26. The van der Waals surface area contributed by atoms with Crippen LogP contribution in [-0.4, -0.2) is 16.7 Å². The van der Waals surface area contributed by atoms with Crippen LogP contribution < -0.4 is 10.1 Å². The van der Waals surface area contributed by atoms with E-state index in [1.54, 1.807) is 7.11 Å². The summed E-state index contributed by atoms with van der Waals surface area (Å²) in [7, 11) is 3.70. The highest BCUT2D eigenvalue weighted by Gasteiger charge is 2.12. The molecular weight excluding hydrogens is 346 g/mol. The molecule has 0 aliphatic carbocycles. The molecule has 1 aromatic heterocycles. The van der Waals surface area contributed by atoms with E-state index in [1.807, 2.05) is 30.2 Å². The van der Waals surface area contributed by atoms with E-state index in [0.717, 1.165) is 23.6 Å². The zero-order chi connectivity index (χ0) is 19.5. The normalized spacial score (nSPS) is 12.2. The van der Waals surface area contributed by atoms with Crippen LogP contribution in [0.5, 0.6) is 5.75 Å². The number of imidazole rings is 1. The number of benzene rings is 3. The maximum atomic E-state index is 5.56. The third kappa shape index (κ3) is 3.51. The molecular formula is C24H25N3O. The van der Waals surface area contributed by atoms with Gasteiger partial charge in [-0.3, -0.25) is 0 Å². The topological polar surface area (TPSA) is 39.1 Å². The zero-order valence-electron chi connectivity index (χ0n) is 16.5. The molecule has 0 saturated heterocycles. The molecule has 0 aliphatic heterocycles. The van der Waals surface area contributed by atoms with Crippen LogP contribution in [0.4, 0.5) is 0 Å². The molecule has 1 heterocycles. The van der Waals surface area contributed by atoms with Gasteiger partial charge in [0.25, 0.3) is 0 Å². The van der Waals surface area contributed by atoms with Crippen LogP contribution in [0.1, 0.15) is 24.1 Å². The molecule has 0 saturated carbocycles. The molecule has 28 heavy (non-hydrogen) atoms. The quantitative estimate of drug-likeness (QED) is 0.512. The standard InChI is InChI=1S/C24H25N3O/c1-17(20-10-6-8-19-7-4-5-9-21(19)20)26-14-18-11-12-24(28-3)22(13-18)23-15-25-16-27(23)2/h4-13,15-17,26H,14H2,1-3H3/t17-/m1/s1. The van der Waals surface area contributed by atoms with Crippen molar-refractivity contribution >= 4 is 10.8 Å². The molecule has 1 N–H and O–H groups in total. The molecule has 0 spiro atoms. The first-order chi connectivity index (χ1) is 13.7. The van der Waals surface area contributed by atoms with E-state index in [0.29, 0.717) is 0 Å². The highest BCUT2D eigenvalue weighted by atomic mass is 16.5. The Kier molecular flexibility index (Phi) is 5.13. The fraction of sp³-hybridized carbons (Fsp3) is 0.208. The Morgan fingerprint density at radius 1 is 1.07 bits per heavy atom. The third-order valence-corrected chi connectivity index (χ3v) is 5.26. The second kappa shape index (κ2) is 7.87. The molecule has 0 bridgehead atoms. The molecule has 3 aromatic carbocycles. The lowest BCUT2D eigenvalue weighted by atomic mass is 9.99. The van der Waals surface area contributed by atoms with Gasteiger partial charge in [0.2, 0.25) is 0 Å². The van der Waals surface area contributed by atoms with E-state index in [4.69, 9.17) is 4.74 Å². The largest absolute Gasteiger partial charge is 0.496 e. The van der Waals surface area contributed by atoms with Crippen LogP contribution in [0.15, 0.2) is 73.2 Å². The van der Waals surface area contributed by atoms with E-state index in [1.165, 1.54) is 21.9 Å². The Labute approximate surface area is 165 Å². The number of hydrogen-bond acceptors (Lipinski definition) is 3. The Morgan fingerprint density at radius 2 is 1.89 bits per heavy atom. The molecule has 1 atom stereocenters. The molecule has 4 nitrogen and oxygen atoms in total. The van der Waals surface area contributed by atoms with Gasteiger partial charge in [-0.15, -0.1) is 0 Å². The molecule has 4 heteroatoms. The molecule has 0 radical (unpaired) electrons. The van der Waals surface area contributed by atoms with Crippen LogP contribution in [0.2, 0.25) is 0 Å². The molecule has 0 fully saturated rings. The highest BCUT2D eigenvalue weighted by molar-refractivity contribution is 5.86. The van der Waals surface area contributed by atoms with E-state index in [-0.39, 0.29) is 6.04 Å². The van der Waals surface area contributed by atoms with Crippen LogP contribution in [0.3, 0.4) is 0 Å². The summed E-state index contributed by atoms with van der Waals surface area (Å²) in [6.45, 7) is 2.99. The minimum Gasteiger partial charge on any atom is -0.496 e. The van der Waals surface area contributed by atoms with Gasteiger partial charge in [-0.2, -0.15) is 0 Å². The summed E-state index contributed by atoms with van der Waals surface area (Å²) >= 11 is 0. The average Bonchev–Trinajstić information content (AvgIpc) is 3.17. The molecule has 0 amide bonds. The van der Waals surface area contributed by atoms with Crippen LogP contribution in [0.25, 0.3) is 22.0 Å². The van der Waals surface area contributed by atoms with Gasteiger partial charge >= 0.3 is 0 Å². The Balaban J connectivity index is 1.57. The monoisotopic (exact) mass is 371 g/mol. The SMILES string of the molecule is COc1ccc(CN[C@H](C)c2cccc3ccccc23)cc1-c1cncn1C. The van der Waals surface area contributed by atoms with Crippen molar-refractivity contribution in [3.05, 3.63) is 84.3 Å². The van der Waals surface area contributed by atoms with E-state index < -0.39 is 0 Å². The number of hydrogen-bond donors (Lipinski definition) is 1. The molecule has 4 rings (SSSR count). The summed E-state index contributed by atoms with van der Waals surface area (Å²) in [5.41, 5.74) is 4.63. The Bertz CT molecular complexity index is 1090. The second-order valence-corrected chi connectivity index (χ2v) is 7.10. The minimum atomic E-state index is 0.244. The van der Waals surface area contributed by atoms with Gasteiger partial charge < -0.3 is 14.6 Å². The van der Waals surface area contributed by atoms with Gasteiger partial charge in [0, 0.05) is 25.2 Å². The van der Waals surface area contributed by atoms with Crippen molar-refractivity contribution in [1.82, 2.24) is 14.9 Å². The van der Waals surface area contributed by atoms with Crippen molar-refractivity contribution in [3.63, 3.8) is 0 Å². The Hall–Kier alpha value is -3.11. The number of rotatable bonds is 6. The van der Waals surface area contributed by atoms with Crippen LogP contribution >= 0.6 is 0 Å². The van der Waals surface area contributed by atoms with Gasteiger partial charge in [-0.05, 0) is 41.0 Å². The number of ether oxygens (including phenoxy) is 1. The summed E-state index contributed by atoms with van der Waals surface area (Å²) in [6.07, 6.45) is 3.68. The second-order valence-electron chi connectivity index (χ2n) is 7.10. The van der Waals surface area contributed by atoms with Crippen molar-refractivity contribution in [2.45, 2.75) is 19.5 Å². The Morgan fingerprint density at radius 3 is 2.68 bits per heavy atom. The number of methoxy groups -OCH3 is 1. The first kappa shape index (κ1) is 18.3. The fourth-order valence-corrected chi connectivity index (χ4v) is 3.69. The van der Waals surface area contributed by atoms with Gasteiger partial charge in [0.05, 0.1) is 25.3 Å². The van der Waals surface area contributed by atoms with Crippen molar-refractivity contribution in [1.29, 1.82) is 0 Å². The number of fused-ring (bicyclic) bond motifs is 1. The first-order valence-corrected chi connectivity index (χ1v) is 9.52. The molecule has 142 valence electrons. The van der Waals surface area contributed by atoms with E-state index in [2.05, 4.69) is 71.8 Å². The van der Waals surface area contributed by atoms with Crippen molar-refractivity contribution < 1.29 is 4.74 Å². The maximum Gasteiger partial charge on any atom is 0.128 e. The number of aromatic nitrogens is 2. The maximum absolute atomic E-state index is 5.56. The molecule has 4 aromatic rings. The summed E-state index contributed by atoms with van der Waals surface area (Å²) in [5, 5.41) is 6.24. The summed E-state index contributed by atoms with van der Waals surface area (Å²) in [5.74, 6) is 0.856. The smallest absolute Gasteiger partial charge is 0.128 e. The summed E-state index contributed by atoms with van der Waals surface area (Å²) in [6, 6.07) is 21.6. The first-order valence-electron chi connectivity index (χ1n) is 9.52. The van der Waals surface area contributed by atoms with Gasteiger partial charge in [0.15, 0.2) is 0 Å².